The molecule has 5 rings (SSSR count). The van der Waals surface area contributed by atoms with E-state index in [0.717, 1.165) is 40.6 Å². The lowest BCUT2D eigenvalue weighted by Gasteiger charge is -2.11. The van der Waals surface area contributed by atoms with Gasteiger partial charge in [0.05, 0.1) is 4.92 Å². The van der Waals surface area contributed by atoms with Crippen molar-refractivity contribution in [3.8, 4) is 11.3 Å². The number of benzene rings is 2. The molecular formula is C25H25N7O2. The Balaban J connectivity index is 1.50. The molecule has 0 spiro atoms. The van der Waals surface area contributed by atoms with Crippen molar-refractivity contribution in [2.75, 3.05) is 26.0 Å². The minimum absolute atomic E-state index is 0.129. The van der Waals surface area contributed by atoms with Crippen molar-refractivity contribution in [3.63, 3.8) is 0 Å². The van der Waals surface area contributed by atoms with Crippen LogP contribution in [-0.2, 0) is 13.6 Å². The van der Waals surface area contributed by atoms with E-state index >= 15 is 0 Å². The quantitative estimate of drug-likeness (QED) is 0.280. The number of nitrogens with one attached hydrogen (secondary N) is 1. The molecule has 1 N–H and O–H groups in total. The van der Waals surface area contributed by atoms with Gasteiger partial charge in [-0.25, -0.2) is 9.97 Å². The summed E-state index contributed by atoms with van der Waals surface area (Å²) in [5.74, 6) is 0.305. The molecule has 5 aromatic rings. The van der Waals surface area contributed by atoms with E-state index in [9.17, 15) is 10.1 Å². The van der Waals surface area contributed by atoms with Crippen LogP contribution in [0.25, 0.3) is 33.1 Å². The summed E-state index contributed by atoms with van der Waals surface area (Å²) < 4.78 is 4.17. The van der Waals surface area contributed by atoms with Crippen molar-refractivity contribution >= 4 is 39.1 Å². The SMILES string of the molecule is CN(C)CCn1ccc2cc(Nc3ncc([N+](=O)[O-])c(-c4cn(C)c5ccccc45)n3)ccc21. The van der Waals surface area contributed by atoms with Gasteiger partial charge in [0, 0.05) is 65.6 Å². The number of fused-ring (bicyclic) bond motifs is 2. The largest absolute Gasteiger partial charge is 0.350 e. The van der Waals surface area contributed by atoms with Crippen molar-refractivity contribution in [1.82, 2.24) is 24.0 Å². The van der Waals surface area contributed by atoms with Crippen LogP contribution in [-0.4, -0.2) is 49.6 Å². The average Bonchev–Trinajstić information content (AvgIpc) is 3.38. The molecule has 3 aromatic heterocycles. The second-order valence-electron chi connectivity index (χ2n) is 8.57. The summed E-state index contributed by atoms with van der Waals surface area (Å²) in [7, 11) is 6.03. The van der Waals surface area contributed by atoms with Gasteiger partial charge >= 0.3 is 5.69 Å². The summed E-state index contributed by atoms with van der Waals surface area (Å²) in [6.07, 6.45) is 5.22. The standard InChI is InChI=1S/C25H25N7O2/c1-29(2)12-13-31-11-10-17-14-18(8-9-21(17)31)27-25-26-15-23(32(33)34)24(28-25)20-16-30(3)22-7-5-4-6-19(20)22/h4-11,14-16H,12-13H2,1-3H3,(H,26,27,28). The molecule has 0 unspecified atom stereocenters. The van der Waals surface area contributed by atoms with Crippen LogP contribution in [0.2, 0.25) is 0 Å². The van der Waals surface area contributed by atoms with Crippen LogP contribution in [0.1, 0.15) is 0 Å². The second-order valence-corrected chi connectivity index (χ2v) is 8.57. The Morgan fingerprint density at radius 2 is 1.94 bits per heavy atom. The molecule has 9 heteroatoms. The van der Waals surface area contributed by atoms with E-state index in [2.05, 4.69) is 57.2 Å². The number of nitrogens with zero attached hydrogens (tertiary/aromatic N) is 6. The number of rotatable bonds is 7. The third-order valence-electron chi connectivity index (χ3n) is 5.93. The highest BCUT2D eigenvalue weighted by atomic mass is 16.6. The first-order chi connectivity index (χ1) is 16.4. The number of aromatic nitrogens is 4. The average molecular weight is 456 g/mol. The smallest absolute Gasteiger partial charge is 0.313 e. The van der Waals surface area contributed by atoms with Gasteiger partial charge in [-0.3, -0.25) is 10.1 Å². The first-order valence-corrected chi connectivity index (χ1v) is 11.0. The lowest BCUT2D eigenvalue weighted by molar-refractivity contribution is -0.384. The lowest BCUT2D eigenvalue weighted by Crippen LogP contribution is -2.17. The van der Waals surface area contributed by atoms with Gasteiger partial charge in [-0.1, -0.05) is 18.2 Å². The predicted molar refractivity (Wildman–Crippen MR) is 134 cm³/mol. The number of hydrogen-bond acceptors (Lipinski definition) is 6. The number of anilines is 2. The molecule has 3 heterocycles. The van der Waals surface area contributed by atoms with Gasteiger partial charge in [0.25, 0.3) is 0 Å². The molecule has 0 bridgehead atoms. The Bertz CT molecular complexity index is 1520. The van der Waals surface area contributed by atoms with Crippen LogP contribution < -0.4 is 5.32 Å². The van der Waals surface area contributed by atoms with E-state index in [1.807, 2.05) is 54.2 Å². The molecule has 0 aliphatic heterocycles. The summed E-state index contributed by atoms with van der Waals surface area (Å²) in [6.45, 7) is 1.86. The van der Waals surface area contributed by atoms with Crippen molar-refractivity contribution in [1.29, 1.82) is 0 Å². The molecule has 9 nitrogen and oxygen atoms in total. The first-order valence-electron chi connectivity index (χ1n) is 11.0. The van der Waals surface area contributed by atoms with E-state index in [1.54, 1.807) is 0 Å². The monoisotopic (exact) mass is 455 g/mol. The van der Waals surface area contributed by atoms with E-state index < -0.39 is 4.92 Å². The summed E-state index contributed by atoms with van der Waals surface area (Å²) in [6, 6.07) is 15.9. The number of hydrogen-bond donors (Lipinski definition) is 1. The van der Waals surface area contributed by atoms with Crippen molar-refractivity contribution in [2.24, 2.45) is 7.05 Å². The minimum atomic E-state index is -0.441. The minimum Gasteiger partial charge on any atom is -0.350 e. The Hall–Kier alpha value is -4.24. The van der Waals surface area contributed by atoms with Gasteiger partial charge in [0.2, 0.25) is 5.95 Å². The van der Waals surface area contributed by atoms with Gasteiger partial charge < -0.3 is 19.4 Å². The van der Waals surface area contributed by atoms with E-state index in [-0.39, 0.29) is 11.4 Å². The predicted octanol–water partition coefficient (Wildman–Crippen LogP) is 4.80. The van der Waals surface area contributed by atoms with Gasteiger partial charge in [0.1, 0.15) is 6.20 Å². The van der Waals surface area contributed by atoms with Crippen LogP contribution >= 0.6 is 0 Å². The molecule has 0 saturated heterocycles. The van der Waals surface area contributed by atoms with E-state index in [4.69, 9.17) is 0 Å². The highest BCUT2D eigenvalue weighted by Gasteiger charge is 2.22. The van der Waals surface area contributed by atoms with Crippen molar-refractivity contribution in [3.05, 3.63) is 77.2 Å². The highest BCUT2D eigenvalue weighted by molar-refractivity contribution is 5.97. The van der Waals surface area contributed by atoms with Crippen LogP contribution in [0.15, 0.2) is 67.1 Å². The lowest BCUT2D eigenvalue weighted by atomic mass is 10.1. The highest BCUT2D eigenvalue weighted by Crippen LogP contribution is 2.35. The fraction of sp³-hybridized carbons (Fsp3) is 0.200. The molecule has 0 amide bonds. The fourth-order valence-electron chi connectivity index (χ4n) is 4.21. The Labute approximate surface area is 196 Å². The maximum Gasteiger partial charge on any atom is 0.313 e. The third kappa shape index (κ3) is 3.97. The zero-order valence-electron chi connectivity index (χ0n) is 19.3. The molecule has 2 aromatic carbocycles. The van der Waals surface area contributed by atoms with E-state index in [0.29, 0.717) is 11.5 Å². The Morgan fingerprint density at radius 3 is 2.74 bits per heavy atom. The summed E-state index contributed by atoms with van der Waals surface area (Å²) >= 11 is 0. The van der Waals surface area contributed by atoms with Crippen molar-refractivity contribution in [2.45, 2.75) is 6.54 Å². The molecule has 0 saturated carbocycles. The molecule has 0 radical (unpaired) electrons. The van der Waals surface area contributed by atoms with Gasteiger partial charge in [-0.05, 0) is 44.4 Å². The Kier molecular flexibility index (Phi) is 5.46. The topological polar surface area (TPSA) is 94.0 Å². The normalized spacial score (nSPS) is 11.5. The fourth-order valence-corrected chi connectivity index (χ4v) is 4.21. The summed E-state index contributed by atoms with van der Waals surface area (Å²) in [5.41, 5.74) is 3.79. The first kappa shape index (κ1) is 21.6. The third-order valence-corrected chi connectivity index (χ3v) is 5.93. The van der Waals surface area contributed by atoms with E-state index in [1.165, 1.54) is 6.20 Å². The number of likely N-dealkylation sites (N-methyl/N-ethyl adjacent to an activating group) is 1. The maximum atomic E-state index is 11.7. The van der Waals surface area contributed by atoms with Crippen LogP contribution in [0.4, 0.5) is 17.3 Å². The van der Waals surface area contributed by atoms with Gasteiger partial charge in [-0.2, -0.15) is 0 Å². The second kappa shape index (κ2) is 8.60. The Morgan fingerprint density at radius 1 is 1.12 bits per heavy atom. The van der Waals surface area contributed by atoms with Crippen LogP contribution in [0.5, 0.6) is 0 Å². The summed E-state index contributed by atoms with van der Waals surface area (Å²) in [5, 5.41) is 17.0. The molecular weight excluding hydrogens is 430 g/mol. The summed E-state index contributed by atoms with van der Waals surface area (Å²) in [4.78, 5) is 22.2. The number of nitro groups is 1. The molecule has 0 aliphatic rings. The van der Waals surface area contributed by atoms with Crippen LogP contribution in [0, 0.1) is 10.1 Å². The molecule has 172 valence electrons. The van der Waals surface area contributed by atoms with Crippen molar-refractivity contribution < 1.29 is 4.92 Å². The van der Waals surface area contributed by atoms with Gasteiger partial charge in [-0.15, -0.1) is 0 Å². The maximum absolute atomic E-state index is 11.7. The zero-order valence-corrected chi connectivity index (χ0v) is 19.3. The van der Waals surface area contributed by atoms with Gasteiger partial charge in [0.15, 0.2) is 5.69 Å². The number of aryl methyl sites for hydroxylation is 1. The number of para-hydroxylation sites is 1. The molecule has 34 heavy (non-hydrogen) atoms. The molecule has 0 fully saturated rings. The molecule has 0 atom stereocenters. The van der Waals surface area contributed by atoms with Crippen LogP contribution in [0.3, 0.4) is 0 Å². The molecule has 0 aliphatic carbocycles. The zero-order chi connectivity index (χ0) is 23.8.